The largest absolute Gasteiger partial charge is 0.394 e. The van der Waals surface area contributed by atoms with Crippen LogP contribution in [0.25, 0.3) is 0 Å². The zero-order valence-corrected chi connectivity index (χ0v) is 11.5. The molecule has 22 heavy (non-hydrogen) atoms. The standard InChI is InChI=1S/C13H17NO8/c15-5-9-10(16)11(17)12(18)13(22-9)21-6-7-1-3-8(4-2-7)14(19)20/h1-4,9-13,15-18H,5-6H2/t9-,10-,11+,12-,13-/m1/s1. The van der Waals surface area contributed by atoms with Crippen LogP contribution in [0.1, 0.15) is 5.56 Å². The minimum Gasteiger partial charge on any atom is -0.394 e. The van der Waals surface area contributed by atoms with Gasteiger partial charge in [0.25, 0.3) is 5.69 Å². The van der Waals surface area contributed by atoms with Gasteiger partial charge in [0.15, 0.2) is 6.29 Å². The Hall–Kier alpha value is -1.62. The molecule has 1 fully saturated rings. The van der Waals surface area contributed by atoms with Crippen molar-refractivity contribution in [3.8, 4) is 0 Å². The first-order valence-electron chi connectivity index (χ1n) is 6.59. The molecule has 5 atom stereocenters. The van der Waals surface area contributed by atoms with Gasteiger partial charge in [0.1, 0.15) is 24.4 Å². The highest BCUT2D eigenvalue weighted by Crippen LogP contribution is 2.23. The number of hydrogen-bond donors (Lipinski definition) is 4. The summed E-state index contributed by atoms with van der Waals surface area (Å²) < 4.78 is 10.5. The van der Waals surface area contributed by atoms with Crippen molar-refractivity contribution in [1.29, 1.82) is 0 Å². The van der Waals surface area contributed by atoms with Gasteiger partial charge in [-0.2, -0.15) is 0 Å². The number of nitrogens with zero attached hydrogens (tertiary/aromatic N) is 1. The van der Waals surface area contributed by atoms with Crippen molar-refractivity contribution in [3.05, 3.63) is 39.9 Å². The zero-order valence-electron chi connectivity index (χ0n) is 11.5. The van der Waals surface area contributed by atoms with Crippen molar-refractivity contribution in [3.63, 3.8) is 0 Å². The van der Waals surface area contributed by atoms with Gasteiger partial charge in [-0.1, -0.05) is 0 Å². The summed E-state index contributed by atoms with van der Waals surface area (Å²) in [5.74, 6) is 0. The van der Waals surface area contributed by atoms with Crippen molar-refractivity contribution in [2.75, 3.05) is 6.61 Å². The average Bonchev–Trinajstić information content (AvgIpc) is 2.52. The quantitative estimate of drug-likeness (QED) is 0.396. The lowest BCUT2D eigenvalue weighted by atomic mass is 9.99. The molecule has 0 bridgehead atoms. The van der Waals surface area contributed by atoms with Gasteiger partial charge in [0.05, 0.1) is 18.1 Å². The van der Waals surface area contributed by atoms with Crippen LogP contribution in [-0.4, -0.2) is 62.7 Å². The van der Waals surface area contributed by atoms with Crippen LogP contribution < -0.4 is 0 Å². The summed E-state index contributed by atoms with van der Waals surface area (Å²) in [5, 5.41) is 48.6. The number of rotatable bonds is 5. The van der Waals surface area contributed by atoms with E-state index in [1.807, 2.05) is 0 Å². The molecule has 1 aromatic carbocycles. The minimum atomic E-state index is -1.51. The number of benzene rings is 1. The maximum atomic E-state index is 10.5. The molecule has 9 nitrogen and oxygen atoms in total. The van der Waals surface area contributed by atoms with E-state index in [9.17, 15) is 25.4 Å². The molecular formula is C13H17NO8. The van der Waals surface area contributed by atoms with Gasteiger partial charge >= 0.3 is 0 Å². The molecular weight excluding hydrogens is 298 g/mol. The molecule has 122 valence electrons. The van der Waals surface area contributed by atoms with Crippen LogP contribution in [-0.2, 0) is 16.1 Å². The number of aliphatic hydroxyl groups is 4. The van der Waals surface area contributed by atoms with E-state index in [0.29, 0.717) is 5.56 Å². The lowest BCUT2D eigenvalue weighted by Crippen LogP contribution is -2.59. The van der Waals surface area contributed by atoms with Crippen molar-refractivity contribution >= 4 is 5.69 Å². The maximum Gasteiger partial charge on any atom is 0.269 e. The van der Waals surface area contributed by atoms with E-state index in [-0.39, 0.29) is 12.3 Å². The fraction of sp³-hybridized carbons (Fsp3) is 0.538. The van der Waals surface area contributed by atoms with Gasteiger partial charge in [-0.05, 0) is 17.7 Å². The second kappa shape index (κ2) is 7.09. The fourth-order valence-corrected chi connectivity index (χ4v) is 2.10. The van der Waals surface area contributed by atoms with Crippen molar-refractivity contribution < 1.29 is 34.8 Å². The van der Waals surface area contributed by atoms with Gasteiger partial charge in [0, 0.05) is 12.1 Å². The van der Waals surface area contributed by atoms with Crippen LogP contribution in [0.2, 0.25) is 0 Å². The molecule has 0 radical (unpaired) electrons. The van der Waals surface area contributed by atoms with E-state index in [1.54, 1.807) is 0 Å². The van der Waals surface area contributed by atoms with Crippen LogP contribution in [0.5, 0.6) is 0 Å². The lowest BCUT2D eigenvalue weighted by Gasteiger charge is -2.39. The second-order valence-electron chi connectivity index (χ2n) is 4.93. The predicted octanol–water partition coefficient (Wildman–Crippen LogP) is -1.09. The van der Waals surface area contributed by atoms with Crippen LogP contribution in [0.4, 0.5) is 5.69 Å². The molecule has 4 N–H and O–H groups in total. The number of aliphatic hydroxyl groups excluding tert-OH is 4. The molecule has 0 aliphatic carbocycles. The van der Waals surface area contributed by atoms with Crippen LogP contribution >= 0.6 is 0 Å². The van der Waals surface area contributed by atoms with Gasteiger partial charge in [-0.15, -0.1) is 0 Å². The minimum absolute atomic E-state index is 0.0271. The van der Waals surface area contributed by atoms with Crippen LogP contribution in [0, 0.1) is 10.1 Å². The number of non-ortho nitro benzene ring substituents is 1. The molecule has 0 amide bonds. The molecule has 0 aromatic heterocycles. The Morgan fingerprint density at radius 2 is 1.77 bits per heavy atom. The summed E-state index contributed by atoms with van der Waals surface area (Å²) in [6.45, 7) is -0.566. The third-order valence-corrected chi connectivity index (χ3v) is 3.41. The molecule has 1 aliphatic rings. The predicted molar refractivity (Wildman–Crippen MR) is 71.7 cm³/mol. The number of ether oxygens (including phenoxy) is 2. The van der Waals surface area contributed by atoms with Gasteiger partial charge < -0.3 is 29.9 Å². The zero-order chi connectivity index (χ0) is 16.3. The molecule has 0 saturated carbocycles. The number of hydrogen-bond acceptors (Lipinski definition) is 8. The number of nitro benzene ring substituents is 1. The van der Waals surface area contributed by atoms with Gasteiger partial charge in [-0.25, -0.2) is 0 Å². The Kier molecular flexibility index (Phi) is 5.40. The summed E-state index contributed by atoms with van der Waals surface area (Å²) in [4.78, 5) is 10.0. The summed E-state index contributed by atoms with van der Waals surface area (Å²) >= 11 is 0. The smallest absolute Gasteiger partial charge is 0.269 e. The van der Waals surface area contributed by atoms with E-state index in [2.05, 4.69) is 0 Å². The SMILES string of the molecule is O=[N+]([O-])c1ccc(CO[C@@H]2O[C@H](CO)[C@@H](O)[C@H](O)[C@H]2O)cc1. The van der Waals surface area contributed by atoms with Gasteiger partial charge in [-0.3, -0.25) is 10.1 Å². The Morgan fingerprint density at radius 1 is 1.14 bits per heavy atom. The van der Waals surface area contributed by atoms with E-state index in [1.165, 1.54) is 24.3 Å². The molecule has 1 heterocycles. The summed E-state index contributed by atoms with van der Waals surface area (Å²) in [6.07, 6.45) is -6.70. The van der Waals surface area contributed by atoms with Crippen molar-refractivity contribution in [2.45, 2.75) is 37.3 Å². The van der Waals surface area contributed by atoms with E-state index >= 15 is 0 Å². The normalized spacial score (nSPS) is 31.9. The highest BCUT2D eigenvalue weighted by atomic mass is 16.7. The first kappa shape index (κ1) is 16.7. The highest BCUT2D eigenvalue weighted by Gasteiger charge is 2.43. The Balaban J connectivity index is 1.96. The Morgan fingerprint density at radius 3 is 2.32 bits per heavy atom. The third-order valence-electron chi connectivity index (χ3n) is 3.41. The third kappa shape index (κ3) is 3.58. The summed E-state index contributed by atoms with van der Waals surface area (Å²) in [7, 11) is 0. The molecule has 2 rings (SSSR count). The summed E-state index contributed by atoms with van der Waals surface area (Å²) in [6, 6.07) is 5.60. The second-order valence-corrected chi connectivity index (χ2v) is 4.93. The maximum absolute atomic E-state index is 10.5. The molecule has 0 unspecified atom stereocenters. The monoisotopic (exact) mass is 315 g/mol. The molecule has 1 saturated heterocycles. The lowest BCUT2D eigenvalue weighted by molar-refractivity contribution is -0.384. The topological polar surface area (TPSA) is 143 Å². The average molecular weight is 315 g/mol. The van der Waals surface area contributed by atoms with E-state index in [4.69, 9.17) is 14.6 Å². The Bertz CT molecular complexity index is 505. The molecule has 1 aromatic rings. The van der Waals surface area contributed by atoms with Crippen LogP contribution in [0.3, 0.4) is 0 Å². The molecule has 1 aliphatic heterocycles. The Labute approximate surface area is 125 Å². The molecule has 0 spiro atoms. The van der Waals surface area contributed by atoms with Crippen LogP contribution in [0.15, 0.2) is 24.3 Å². The van der Waals surface area contributed by atoms with E-state index < -0.39 is 42.2 Å². The molecule has 9 heteroatoms. The van der Waals surface area contributed by atoms with Gasteiger partial charge in [0.2, 0.25) is 0 Å². The first-order valence-corrected chi connectivity index (χ1v) is 6.59. The van der Waals surface area contributed by atoms with Crippen molar-refractivity contribution in [1.82, 2.24) is 0 Å². The van der Waals surface area contributed by atoms with E-state index in [0.717, 1.165) is 0 Å². The highest BCUT2D eigenvalue weighted by molar-refractivity contribution is 5.32. The first-order chi connectivity index (χ1) is 10.4. The number of nitro groups is 1. The van der Waals surface area contributed by atoms with Crippen molar-refractivity contribution in [2.24, 2.45) is 0 Å². The summed E-state index contributed by atoms with van der Waals surface area (Å²) in [5.41, 5.74) is 0.541. The fourth-order valence-electron chi connectivity index (χ4n) is 2.10.